The maximum absolute atomic E-state index is 12.6. The van der Waals surface area contributed by atoms with Crippen LogP contribution in [0.15, 0.2) is 48.5 Å². The predicted molar refractivity (Wildman–Crippen MR) is 129 cm³/mol. The van der Waals surface area contributed by atoms with Gasteiger partial charge in [0.2, 0.25) is 12.3 Å². The van der Waals surface area contributed by atoms with E-state index in [1.54, 1.807) is 6.07 Å². The third-order valence-corrected chi connectivity index (χ3v) is 5.39. The van der Waals surface area contributed by atoms with Crippen molar-refractivity contribution in [2.45, 2.75) is 32.6 Å². The second-order valence-electron chi connectivity index (χ2n) is 8.17. The fraction of sp³-hybridized carbons (Fsp3) is 0.400. The van der Waals surface area contributed by atoms with E-state index >= 15 is 0 Å². The van der Waals surface area contributed by atoms with Crippen LogP contribution in [0.3, 0.4) is 0 Å². The van der Waals surface area contributed by atoms with Gasteiger partial charge in [-0.3, -0.25) is 19.6 Å². The van der Waals surface area contributed by atoms with Gasteiger partial charge in [-0.1, -0.05) is 50.5 Å². The number of amides is 3. The van der Waals surface area contributed by atoms with Gasteiger partial charge >= 0.3 is 0 Å². The summed E-state index contributed by atoms with van der Waals surface area (Å²) in [6.45, 7) is 1.93. The van der Waals surface area contributed by atoms with Gasteiger partial charge in [-0.15, -0.1) is 0 Å². The first kappa shape index (κ1) is 25.9. The molecule has 178 valence electrons. The molecule has 3 N–H and O–H groups in total. The van der Waals surface area contributed by atoms with E-state index in [1.165, 1.54) is 0 Å². The smallest absolute Gasteiger partial charge is 0.252 e. The predicted octanol–water partition coefficient (Wildman–Crippen LogP) is 3.27. The summed E-state index contributed by atoms with van der Waals surface area (Å²) in [6, 6.07) is 15.3. The summed E-state index contributed by atoms with van der Waals surface area (Å²) in [5.41, 5.74) is 3.47. The number of anilines is 1. The van der Waals surface area contributed by atoms with Crippen LogP contribution >= 0.6 is 0 Å². The van der Waals surface area contributed by atoms with Crippen molar-refractivity contribution < 1.29 is 19.6 Å². The van der Waals surface area contributed by atoms with Crippen molar-refractivity contribution in [2.24, 2.45) is 5.92 Å². The zero-order valence-corrected chi connectivity index (χ0v) is 19.6. The van der Waals surface area contributed by atoms with E-state index in [0.29, 0.717) is 17.0 Å². The Morgan fingerprint density at radius 1 is 1.03 bits per heavy atom. The van der Waals surface area contributed by atoms with Gasteiger partial charge in [0.15, 0.2) is 0 Å². The van der Waals surface area contributed by atoms with E-state index in [1.807, 2.05) is 55.4 Å². The topological polar surface area (TPSA) is 102 Å². The maximum atomic E-state index is 12.6. The molecule has 3 amide bonds. The number of hydrogen-bond acceptors (Lipinski definition) is 5. The second kappa shape index (κ2) is 13.2. The summed E-state index contributed by atoms with van der Waals surface area (Å²) >= 11 is 0. The van der Waals surface area contributed by atoms with Gasteiger partial charge in [-0.05, 0) is 41.8 Å². The Morgan fingerprint density at radius 2 is 1.73 bits per heavy atom. The number of hydrogen-bond donors (Lipinski definition) is 3. The fourth-order valence-electron chi connectivity index (χ4n) is 3.48. The van der Waals surface area contributed by atoms with E-state index in [4.69, 9.17) is 0 Å². The SMILES string of the molecule is CCCCC[C@H](CN(O)C=O)C(=O)NCNC(=O)c1cccc(-c2cccc(N(C)C)c2)c1. The van der Waals surface area contributed by atoms with Crippen LogP contribution < -0.4 is 15.5 Å². The average Bonchev–Trinajstić information content (AvgIpc) is 2.83. The molecular weight excluding hydrogens is 420 g/mol. The van der Waals surface area contributed by atoms with Crippen molar-refractivity contribution in [3.63, 3.8) is 0 Å². The Hall–Kier alpha value is -3.39. The average molecular weight is 455 g/mol. The fourth-order valence-corrected chi connectivity index (χ4v) is 3.48. The summed E-state index contributed by atoms with van der Waals surface area (Å²) in [5.74, 6) is -1.17. The van der Waals surface area contributed by atoms with Crippen LogP contribution in [0.25, 0.3) is 11.1 Å². The molecule has 0 fully saturated rings. The summed E-state index contributed by atoms with van der Waals surface area (Å²) in [4.78, 5) is 37.9. The van der Waals surface area contributed by atoms with Gasteiger partial charge in [-0.25, -0.2) is 5.06 Å². The minimum Gasteiger partial charge on any atom is -0.378 e. The first-order chi connectivity index (χ1) is 15.8. The zero-order chi connectivity index (χ0) is 24.2. The van der Waals surface area contributed by atoms with Crippen LogP contribution in [0.2, 0.25) is 0 Å². The highest BCUT2D eigenvalue weighted by Gasteiger charge is 2.20. The molecule has 0 aliphatic carbocycles. The van der Waals surface area contributed by atoms with Crippen molar-refractivity contribution in [3.8, 4) is 11.1 Å². The Bertz CT molecular complexity index is 932. The van der Waals surface area contributed by atoms with Crippen LogP contribution in [0.4, 0.5) is 5.69 Å². The van der Waals surface area contributed by atoms with Crippen molar-refractivity contribution in [2.75, 3.05) is 32.2 Å². The summed E-state index contributed by atoms with van der Waals surface area (Å²) in [6.07, 6.45) is 3.60. The monoisotopic (exact) mass is 454 g/mol. The number of hydroxylamine groups is 2. The molecule has 33 heavy (non-hydrogen) atoms. The molecule has 0 unspecified atom stereocenters. The van der Waals surface area contributed by atoms with Gasteiger partial charge < -0.3 is 15.5 Å². The van der Waals surface area contributed by atoms with Gasteiger partial charge in [0.25, 0.3) is 5.91 Å². The number of carbonyl (C=O) groups is 3. The third-order valence-electron chi connectivity index (χ3n) is 5.39. The second-order valence-corrected chi connectivity index (χ2v) is 8.17. The molecule has 8 heteroatoms. The highest BCUT2D eigenvalue weighted by molar-refractivity contribution is 5.95. The van der Waals surface area contributed by atoms with Gasteiger partial charge in [-0.2, -0.15) is 0 Å². The Balaban J connectivity index is 1.97. The lowest BCUT2D eigenvalue weighted by atomic mass is 10.0. The van der Waals surface area contributed by atoms with Gasteiger partial charge in [0.1, 0.15) is 0 Å². The van der Waals surface area contributed by atoms with Gasteiger partial charge in [0, 0.05) is 25.3 Å². The Kier molecular flexibility index (Phi) is 10.4. The van der Waals surface area contributed by atoms with Crippen molar-refractivity contribution in [1.82, 2.24) is 15.7 Å². The number of rotatable bonds is 13. The molecule has 1 atom stereocenters. The van der Waals surface area contributed by atoms with Crippen LogP contribution in [-0.2, 0) is 9.59 Å². The standard InChI is InChI=1S/C25H34N4O4/c1-4-5-6-9-22(16-29(33)18-30)25(32)27-17-26-24(31)21-12-7-10-19(14-21)20-11-8-13-23(15-20)28(2)3/h7-8,10-15,18,22,33H,4-6,9,16-17H2,1-3H3,(H,26,31)(H,27,32)/t22-/m1/s1. The third kappa shape index (κ3) is 8.23. The lowest BCUT2D eigenvalue weighted by molar-refractivity contribution is -0.154. The lowest BCUT2D eigenvalue weighted by Gasteiger charge is -2.19. The van der Waals surface area contributed by atoms with Gasteiger partial charge in [0.05, 0.1) is 19.1 Å². The van der Waals surface area contributed by atoms with Crippen LogP contribution in [-0.4, -0.2) is 55.8 Å². The van der Waals surface area contributed by atoms with E-state index in [9.17, 15) is 19.6 Å². The van der Waals surface area contributed by atoms with E-state index in [2.05, 4.69) is 23.6 Å². The summed E-state index contributed by atoms with van der Waals surface area (Å²) in [5, 5.41) is 15.3. The molecule has 0 spiro atoms. The van der Waals surface area contributed by atoms with Crippen LogP contribution in [0.5, 0.6) is 0 Å². The molecule has 0 radical (unpaired) electrons. The molecule has 2 aromatic rings. The van der Waals surface area contributed by atoms with Crippen molar-refractivity contribution in [1.29, 1.82) is 0 Å². The first-order valence-corrected chi connectivity index (χ1v) is 11.2. The quantitative estimate of drug-likeness (QED) is 0.142. The molecule has 2 rings (SSSR count). The number of unbranched alkanes of at least 4 members (excludes halogenated alkanes) is 2. The number of carbonyl (C=O) groups excluding carboxylic acids is 3. The largest absolute Gasteiger partial charge is 0.378 e. The number of nitrogens with one attached hydrogen (secondary N) is 2. The molecule has 0 heterocycles. The first-order valence-electron chi connectivity index (χ1n) is 11.2. The Morgan fingerprint density at radius 3 is 2.39 bits per heavy atom. The molecule has 0 bridgehead atoms. The number of nitrogens with zero attached hydrogens (tertiary/aromatic N) is 2. The zero-order valence-electron chi connectivity index (χ0n) is 19.6. The van der Waals surface area contributed by atoms with Crippen molar-refractivity contribution in [3.05, 3.63) is 54.1 Å². The maximum Gasteiger partial charge on any atom is 0.252 e. The highest BCUT2D eigenvalue weighted by atomic mass is 16.5. The molecule has 2 aromatic carbocycles. The highest BCUT2D eigenvalue weighted by Crippen LogP contribution is 2.24. The lowest BCUT2D eigenvalue weighted by Crippen LogP contribution is -2.43. The summed E-state index contributed by atoms with van der Waals surface area (Å²) < 4.78 is 0. The Labute approximate surface area is 195 Å². The van der Waals surface area contributed by atoms with Crippen LogP contribution in [0.1, 0.15) is 43.0 Å². The normalized spacial score (nSPS) is 11.4. The number of benzene rings is 2. The van der Waals surface area contributed by atoms with E-state index < -0.39 is 5.92 Å². The molecule has 8 nitrogen and oxygen atoms in total. The van der Waals surface area contributed by atoms with Crippen molar-refractivity contribution >= 4 is 23.9 Å². The molecule has 0 aliphatic rings. The molecule has 0 saturated carbocycles. The minimum absolute atomic E-state index is 0.0468. The van der Waals surface area contributed by atoms with E-state index in [0.717, 1.165) is 36.1 Å². The van der Waals surface area contributed by atoms with Crippen LogP contribution in [0, 0.1) is 5.92 Å². The molecule has 0 aromatic heterocycles. The molecular formula is C25H34N4O4. The molecule has 0 aliphatic heterocycles. The minimum atomic E-state index is -0.545. The molecule has 0 saturated heterocycles. The summed E-state index contributed by atoms with van der Waals surface area (Å²) in [7, 11) is 3.95. The van der Waals surface area contributed by atoms with E-state index in [-0.39, 0.29) is 31.4 Å².